The lowest BCUT2D eigenvalue weighted by Crippen LogP contribution is -2.42. The van der Waals surface area contributed by atoms with Crippen LogP contribution in [0, 0.1) is 11.7 Å². The second-order valence-electron chi connectivity index (χ2n) is 6.13. The zero-order valence-electron chi connectivity index (χ0n) is 13.9. The Morgan fingerprint density at radius 3 is 3.00 bits per heavy atom. The number of halogens is 1. The average Bonchev–Trinajstić information content (AvgIpc) is 3.09. The van der Waals surface area contributed by atoms with Crippen molar-refractivity contribution in [3.05, 3.63) is 48.6 Å². The minimum atomic E-state index is -0.304. The quantitative estimate of drug-likeness (QED) is 0.815. The first-order valence-corrected chi connectivity index (χ1v) is 8.35. The molecule has 0 saturated carbocycles. The molecule has 1 atom stereocenters. The first-order valence-electron chi connectivity index (χ1n) is 8.35. The molecule has 1 fully saturated rings. The molecule has 3 rings (SSSR count). The maximum absolute atomic E-state index is 13.0. The molecule has 25 heavy (non-hydrogen) atoms. The van der Waals surface area contributed by atoms with Crippen molar-refractivity contribution in [1.82, 2.24) is 20.4 Å². The lowest BCUT2D eigenvalue weighted by Gasteiger charge is -2.30. The first-order chi connectivity index (χ1) is 12.2. The van der Waals surface area contributed by atoms with Gasteiger partial charge in [-0.15, -0.1) is 6.58 Å². The summed E-state index contributed by atoms with van der Waals surface area (Å²) < 4.78 is 18.3. The highest BCUT2D eigenvalue weighted by molar-refractivity contribution is 5.79. The molecule has 6 nitrogen and oxygen atoms in total. The van der Waals surface area contributed by atoms with Crippen LogP contribution in [0.25, 0.3) is 11.4 Å². The van der Waals surface area contributed by atoms with Gasteiger partial charge in [-0.2, -0.15) is 4.98 Å². The third-order valence-electron chi connectivity index (χ3n) is 4.23. The normalized spacial score (nSPS) is 18.0. The van der Waals surface area contributed by atoms with Gasteiger partial charge in [0, 0.05) is 18.7 Å². The summed E-state index contributed by atoms with van der Waals surface area (Å²) in [6.45, 7) is 6.14. The third-order valence-corrected chi connectivity index (χ3v) is 4.23. The summed E-state index contributed by atoms with van der Waals surface area (Å²) in [5.41, 5.74) is 0.705. The van der Waals surface area contributed by atoms with Gasteiger partial charge >= 0.3 is 0 Å². The fourth-order valence-corrected chi connectivity index (χ4v) is 2.96. The molecule has 1 amide bonds. The van der Waals surface area contributed by atoms with Crippen LogP contribution < -0.4 is 5.32 Å². The molecule has 132 valence electrons. The van der Waals surface area contributed by atoms with Crippen LogP contribution in [0.4, 0.5) is 4.39 Å². The van der Waals surface area contributed by atoms with Gasteiger partial charge in [0.15, 0.2) is 0 Å². The molecule has 0 aliphatic carbocycles. The highest BCUT2D eigenvalue weighted by Gasteiger charge is 2.26. The van der Waals surface area contributed by atoms with Crippen LogP contribution in [0.15, 0.2) is 41.4 Å². The Balaban J connectivity index is 1.59. The van der Waals surface area contributed by atoms with Gasteiger partial charge in [0.2, 0.25) is 17.6 Å². The Morgan fingerprint density at radius 1 is 1.44 bits per heavy atom. The van der Waals surface area contributed by atoms with E-state index < -0.39 is 0 Å². The Kier molecular flexibility index (Phi) is 5.55. The van der Waals surface area contributed by atoms with E-state index in [1.807, 2.05) is 0 Å². The van der Waals surface area contributed by atoms with E-state index in [9.17, 15) is 9.18 Å². The maximum atomic E-state index is 13.0. The van der Waals surface area contributed by atoms with Crippen molar-refractivity contribution < 1.29 is 13.7 Å². The average molecular weight is 344 g/mol. The predicted octanol–water partition coefficient (Wildman–Crippen LogP) is 2.39. The molecule has 1 aliphatic heterocycles. The van der Waals surface area contributed by atoms with E-state index in [1.54, 1.807) is 18.2 Å². The molecule has 0 spiro atoms. The fraction of sp³-hybridized carbons (Fsp3) is 0.389. The summed E-state index contributed by atoms with van der Waals surface area (Å²) in [4.78, 5) is 18.6. The highest BCUT2D eigenvalue weighted by atomic mass is 19.1. The van der Waals surface area contributed by atoms with E-state index in [0.29, 0.717) is 36.9 Å². The molecule has 1 aromatic carbocycles. The van der Waals surface area contributed by atoms with Crippen molar-refractivity contribution in [2.24, 2.45) is 5.92 Å². The maximum Gasteiger partial charge on any atom is 0.241 e. The van der Waals surface area contributed by atoms with Crippen LogP contribution in [0.1, 0.15) is 18.7 Å². The molecule has 1 unspecified atom stereocenters. The van der Waals surface area contributed by atoms with E-state index in [0.717, 1.165) is 19.4 Å². The van der Waals surface area contributed by atoms with E-state index in [1.165, 1.54) is 12.1 Å². The minimum Gasteiger partial charge on any atom is -0.352 e. The number of carbonyl (C=O) groups excluding carboxylic acids is 1. The van der Waals surface area contributed by atoms with Crippen LogP contribution in [-0.2, 0) is 11.3 Å². The van der Waals surface area contributed by atoms with Gasteiger partial charge in [-0.3, -0.25) is 9.69 Å². The number of hydrogen-bond donors (Lipinski definition) is 1. The summed E-state index contributed by atoms with van der Waals surface area (Å²) in [6.07, 6.45) is 3.50. The number of nitrogens with zero attached hydrogens (tertiary/aromatic N) is 3. The Bertz CT molecular complexity index is 729. The largest absolute Gasteiger partial charge is 0.352 e. The lowest BCUT2D eigenvalue weighted by molar-refractivity contribution is -0.126. The van der Waals surface area contributed by atoms with E-state index >= 15 is 0 Å². The molecule has 0 radical (unpaired) electrons. The molecule has 1 N–H and O–H groups in total. The van der Waals surface area contributed by atoms with Crippen LogP contribution >= 0.6 is 0 Å². The molecule has 1 aliphatic rings. The van der Waals surface area contributed by atoms with Crippen LogP contribution in [0.2, 0.25) is 0 Å². The van der Waals surface area contributed by atoms with E-state index in [4.69, 9.17) is 4.52 Å². The number of piperidine rings is 1. The van der Waals surface area contributed by atoms with Gasteiger partial charge < -0.3 is 9.84 Å². The summed E-state index contributed by atoms with van der Waals surface area (Å²) >= 11 is 0. The van der Waals surface area contributed by atoms with Crippen LogP contribution in [0.3, 0.4) is 0 Å². The summed E-state index contributed by atoms with van der Waals surface area (Å²) in [7, 11) is 0. The Morgan fingerprint density at radius 2 is 2.24 bits per heavy atom. The van der Waals surface area contributed by atoms with Crippen LogP contribution in [-0.4, -0.2) is 40.6 Å². The monoisotopic (exact) mass is 344 g/mol. The topological polar surface area (TPSA) is 71.3 Å². The molecular formula is C18H21FN4O2. The van der Waals surface area contributed by atoms with Crippen molar-refractivity contribution in [2.75, 3.05) is 19.6 Å². The van der Waals surface area contributed by atoms with Gasteiger partial charge in [0.05, 0.1) is 12.5 Å². The van der Waals surface area contributed by atoms with Gasteiger partial charge in [-0.1, -0.05) is 11.2 Å². The minimum absolute atomic E-state index is 0.0341. The third kappa shape index (κ3) is 4.51. The summed E-state index contributed by atoms with van der Waals surface area (Å²) in [5.74, 6) is 0.649. The van der Waals surface area contributed by atoms with E-state index in [2.05, 4.69) is 26.9 Å². The smallest absolute Gasteiger partial charge is 0.241 e. The van der Waals surface area contributed by atoms with Crippen molar-refractivity contribution in [3.63, 3.8) is 0 Å². The lowest BCUT2D eigenvalue weighted by atomic mass is 9.97. The standard InChI is InChI=1S/C18H21FN4O2/c1-2-9-20-18(24)14-4-3-10-23(11-14)12-16-21-17(22-25-16)13-5-7-15(19)8-6-13/h2,5-8,14H,1,3-4,9-12H2,(H,20,24). The molecule has 1 aromatic heterocycles. The molecule has 2 heterocycles. The van der Waals surface area contributed by atoms with E-state index in [-0.39, 0.29) is 17.6 Å². The van der Waals surface area contributed by atoms with Gasteiger partial charge in [0.25, 0.3) is 0 Å². The van der Waals surface area contributed by atoms with Gasteiger partial charge in [0.1, 0.15) is 5.82 Å². The highest BCUT2D eigenvalue weighted by Crippen LogP contribution is 2.20. The number of nitrogens with one attached hydrogen (secondary N) is 1. The number of carbonyl (C=O) groups is 1. The number of likely N-dealkylation sites (tertiary alicyclic amines) is 1. The molecular weight excluding hydrogens is 323 g/mol. The zero-order chi connectivity index (χ0) is 17.6. The number of amides is 1. The van der Waals surface area contributed by atoms with Crippen molar-refractivity contribution in [3.8, 4) is 11.4 Å². The molecule has 0 bridgehead atoms. The zero-order valence-corrected chi connectivity index (χ0v) is 13.9. The molecule has 2 aromatic rings. The summed E-state index contributed by atoms with van der Waals surface area (Å²) in [5, 5.41) is 6.80. The Labute approximate surface area is 145 Å². The molecule has 1 saturated heterocycles. The van der Waals surface area contributed by atoms with Gasteiger partial charge in [-0.25, -0.2) is 4.39 Å². The summed E-state index contributed by atoms with van der Waals surface area (Å²) in [6, 6.07) is 5.96. The molecule has 7 heteroatoms. The number of hydrogen-bond acceptors (Lipinski definition) is 5. The first kappa shape index (κ1) is 17.3. The second-order valence-corrected chi connectivity index (χ2v) is 6.13. The van der Waals surface area contributed by atoms with Crippen LogP contribution in [0.5, 0.6) is 0 Å². The second kappa shape index (κ2) is 8.02. The fourth-order valence-electron chi connectivity index (χ4n) is 2.96. The number of benzene rings is 1. The van der Waals surface area contributed by atoms with Crippen molar-refractivity contribution >= 4 is 5.91 Å². The van der Waals surface area contributed by atoms with Gasteiger partial charge in [-0.05, 0) is 43.7 Å². The number of aromatic nitrogens is 2. The Hall–Kier alpha value is -2.54. The van der Waals surface area contributed by atoms with Crippen molar-refractivity contribution in [2.45, 2.75) is 19.4 Å². The van der Waals surface area contributed by atoms with Crippen molar-refractivity contribution in [1.29, 1.82) is 0 Å². The SMILES string of the molecule is C=CCNC(=O)C1CCCN(Cc2nc(-c3ccc(F)cc3)no2)C1. The predicted molar refractivity (Wildman–Crippen MR) is 90.9 cm³/mol. The number of rotatable bonds is 6.